The molecule has 0 spiro atoms. The third kappa shape index (κ3) is 4.26. The van der Waals surface area contributed by atoms with E-state index in [1.54, 1.807) is 4.90 Å². The molecule has 5 nitrogen and oxygen atoms in total. The maximum atomic E-state index is 12.6. The minimum absolute atomic E-state index is 0.103. The molecule has 27 heavy (non-hydrogen) atoms. The number of hydrogen-bond acceptors (Lipinski definition) is 4. The summed E-state index contributed by atoms with van der Waals surface area (Å²) in [7, 11) is 0. The largest absolute Gasteiger partial charge is 0.445 e. The fourth-order valence-corrected chi connectivity index (χ4v) is 3.95. The fraction of sp³-hybridized carbons (Fsp3) is 0.381. The van der Waals surface area contributed by atoms with E-state index in [2.05, 4.69) is 5.32 Å². The summed E-state index contributed by atoms with van der Waals surface area (Å²) in [6, 6.07) is 13.8. The molecule has 4 rings (SSSR count). The Bertz CT molecular complexity index is 807. The highest BCUT2D eigenvalue weighted by atomic mass is 35.5. The molecular weight excluding hydrogens is 364 g/mol. The van der Waals surface area contributed by atoms with E-state index < -0.39 is 0 Å². The van der Waals surface area contributed by atoms with Gasteiger partial charge in [-0.2, -0.15) is 0 Å². The molecule has 2 aromatic rings. The Hall–Kier alpha value is -2.08. The van der Waals surface area contributed by atoms with Crippen molar-refractivity contribution in [2.24, 2.45) is 0 Å². The van der Waals surface area contributed by atoms with Crippen LogP contribution in [0.5, 0.6) is 0 Å². The number of nitrogens with one attached hydrogen (secondary N) is 1. The van der Waals surface area contributed by atoms with Gasteiger partial charge < -0.3 is 19.7 Å². The van der Waals surface area contributed by atoms with Crippen molar-refractivity contribution >= 4 is 17.7 Å². The van der Waals surface area contributed by atoms with Crippen molar-refractivity contribution in [2.75, 3.05) is 26.3 Å². The number of morpholine rings is 1. The molecule has 2 aliphatic heterocycles. The highest BCUT2D eigenvalue weighted by Gasteiger charge is 2.27. The van der Waals surface area contributed by atoms with Gasteiger partial charge in [0.25, 0.3) is 0 Å². The maximum absolute atomic E-state index is 12.6. The molecular formula is C21H23ClN2O3. The van der Waals surface area contributed by atoms with Gasteiger partial charge in [0.05, 0.1) is 19.3 Å². The van der Waals surface area contributed by atoms with Gasteiger partial charge in [-0.15, -0.1) is 0 Å². The average molecular weight is 387 g/mol. The van der Waals surface area contributed by atoms with Gasteiger partial charge in [0, 0.05) is 24.7 Å². The normalized spacial score (nSPS) is 19.4. The number of halogens is 1. The number of ether oxygens (including phenoxy) is 2. The number of fused-ring (bicyclic) bond motifs is 1. The zero-order valence-electron chi connectivity index (χ0n) is 15.1. The summed E-state index contributed by atoms with van der Waals surface area (Å²) in [5, 5.41) is 4.22. The van der Waals surface area contributed by atoms with Crippen LogP contribution in [0.15, 0.2) is 42.5 Å². The number of benzene rings is 2. The third-order valence-corrected chi connectivity index (χ3v) is 5.32. The van der Waals surface area contributed by atoms with Crippen LogP contribution >= 0.6 is 11.6 Å². The van der Waals surface area contributed by atoms with Crippen LogP contribution in [0.25, 0.3) is 0 Å². The molecule has 2 aromatic carbocycles. The summed E-state index contributed by atoms with van der Waals surface area (Å²) in [5.74, 6) is 0. The maximum Gasteiger partial charge on any atom is 0.410 e. The lowest BCUT2D eigenvalue weighted by Crippen LogP contribution is -2.39. The molecule has 1 N–H and O–H groups in total. The monoisotopic (exact) mass is 386 g/mol. The summed E-state index contributed by atoms with van der Waals surface area (Å²) >= 11 is 6.34. The lowest BCUT2D eigenvalue weighted by atomic mass is 9.91. The summed E-state index contributed by atoms with van der Waals surface area (Å²) in [5.41, 5.74) is 4.47. The molecule has 1 unspecified atom stereocenters. The lowest BCUT2D eigenvalue weighted by molar-refractivity contribution is 0.0753. The van der Waals surface area contributed by atoms with Crippen LogP contribution in [-0.4, -0.2) is 37.3 Å². The number of amides is 1. The van der Waals surface area contributed by atoms with Crippen molar-refractivity contribution < 1.29 is 14.3 Å². The molecule has 2 heterocycles. The first-order chi connectivity index (χ1) is 13.2. The van der Waals surface area contributed by atoms with Gasteiger partial charge >= 0.3 is 6.09 Å². The molecule has 2 aliphatic rings. The molecule has 1 amide bonds. The standard InChI is InChI=1S/C21H23ClN2O3/c22-17-10-16-6-8-24(21(25)27-13-15-4-2-1-3-5-15)12-19(16)18(11-17)20-14-26-9-7-23-20/h1-5,10-11,20,23H,6-9,12-14H2. The van der Waals surface area contributed by atoms with Crippen LogP contribution < -0.4 is 5.32 Å². The minimum Gasteiger partial charge on any atom is -0.445 e. The van der Waals surface area contributed by atoms with Gasteiger partial charge in [0.15, 0.2) is 0 Å². The number of hydrogen-bond donors (Lipinski definition) is 1. The van der Waals surface area contributed by atoms with E-state index in [1.807, 2.05) is 42.5 Å². The Kier molecular flexibility index (Phi) is 5.62. The zero-order valence-corrected chi connectivity index (χ0v) is 15.9. The molecule has 0 radical (unpaired) electrons. The molecule has 1 atom stereocenters. The van der Waals surface area contributed by atoms with E-state index in [0.29, 0.717) is 19.7 Å². The third-order valence-electron chi connectivity index (χ3n) is 5.10. The Balaban J connectivity index is 1.49. The van der Waals surface area contributed by atoms with E-state index in [9.17, 15) is 4.79 Å². The molecule has 6 heteroatoms. The van der Waals surface area contributed by atoms with Crippen molar-refractivity contribution in [3.8, 4) is 0 Å². The quantitative estimate of drug-likeness (QED) is 0.873. The number of carbonyl (C=O) groups excluding carboxylic acids is 1. The van der Waals surface area contributed by atoms with Gasteiger partial charge in [0.1, 0.15) is 6.61 Å². The number of rotatable bonds is 3. The molecule has 0 bridgehead atoms. The molecule has 1 fully saturated rings. The topological polar surface area (TPSA) is 50.8 Å². The van der Waals surface area contributed by atoms with Gasteiger partial charge in [-0.3, -0.25) is 0 Å². The Morgan fingerprint density at radius 3 is 2.93 bits per heavy atom. The van der Waals surface area contributed by atoms with E-state index in [0.717, 1.165) is 41.3 Å². The smallest absolute Gasteiger partial charge is 0.410 e. The zero-order chi connectivity index (χ0) is 18.6. The van der Waals surface area contributed by atoms with E-state index in [-0.39, 0.29) is 18.7 Å². The lowest BCUT2D eigenvalue weighted by Gasteiger charge is -2.33. The molecule has 0 aliphatic carbocycles. The van der Waals surface area contributed by atoms with Crippen molar-refractivity contribution in [1.29, 1.82) is 0 Å². The van der Waals surface area contributed by atoms with Crippen molar-refractivity contribution in [3.63, 3.8) is 0 Å². The molecule has 142 valence electrons. The molecule has 0 aromatic heterocycles. The van der Waals surface area contributed by atoms with E-state index in [1.165, 1.54) is 5.56 Å². The van der Waals surface area contributed by atoms with Crippen LogP contribution in [0.4, 0.5) is 4.79 Å². The van der Waals surface area contributed by atoms with Crippen molar-refractivity contribution in [2.45, 2.75) is 25.6 Å². The van der Waals surface area contributed by atoms with Crippen LogP contribution in [0.1, 0.15) is 28.3 Å². The highest BCUT2D eigenvalue weighted by molar-refractivity contribution is 6.30. The Morgan fingerprint density at radius 2 is 2.15 bits per heavy atom. The molecule has 0 saturated carbocycles. The van der Waals surface area contributed by atoms with Gasteiger partial charge in [-0.1, -0.05) is 41.9 Å². The SMILES string of the molecule is O=C(OCc1ccccc1)N1CCc2cc(Cl)cc(C3COCCN3)c2C1. The Morgan fingerprint density at radius 1 is 1.30 bits per heavy atom. The van der Waals surface area contributed by atoms with E-state index in [4.69, 9.17) is 21.1 Å². The summed E-state index contributed by atoms with van der Waals surface area (Å²) in [4.78, 5) is 14.3. The minimum atomic E-state index is -0.279. The number of carbonyl (C=O) groups is 1. The summed E-state index contributed by atoms with van der Waals surface area (Å²) in [6.07, 6.45) is 0.495. The van der Waals surface area contributed by atoms with Gasteiger partial charge in [0.2, 0.25) is 0 Å². The molecule has 1 saturated heterocycles. The predicted molar refractivity (Wildman–Crippen MR) is 104 cm³/mol. The van der Waals surface area contributed by atoms with Crippen LogP contribution in [0.2, 0.25) is 5.02 Å². The van der Waals surface area contributed by atoms with Crippen LogP contribution in [-0.2, 0) is 29.0 Å². The van der Waals surface area contributed by atoms with Crippen LogP contribution in [0.3, 0.4) is 0 Å². The summed E-state index contributed by atoms with van der Waals surface area (Å²) < 4.78 is 11.1. The number of nitrogens with zero attached hydrogens (tertiary/aromatic N) is 1. The predicted octanol–water partition coefficient (Wildman–Crippen LogP) is 3.70. The van der Waals surface area contributed by atoms with Crippen molar-refractivity contribution in [3.05, 3.63) is 69.7 Å². The van der Waals surface area contributed by atoms with Crippen molar-refractivity contribution in [1.82, 2.24) is 10.2 Å². The van der Waals surface area contributed by atoms with Gasteiger partial charge in [-0.25, -0.2) is 4.79 Å². The summed E-state index contributed by atoms with van der Waals surface area (Å²) in [6.45, 7) is 3.61. The van der Waals surface area contributed by atoms with Crippen LogP contribution in [0, 0.1) is 0 Å². The first-order valence-corrected chi connectivity index (χ1v) is 9.66. The second kappa shape index (κ2) is 8.30. The first kappa shape index (κ1) is 18.3. The average Bonchev–Trinajstić information content (AvgIpc) is 2.72. The first-order valence-electron chi connectivity index (χ1n) is 9.28. The fourth-order valence-electron chi connectivity index (χ4n) is 3.70. The second-order valence-corrected chi connectivity index (χ2v) is 7.36. The highest BCUT2D eigenvalue weighted by Crippen LogP contribution is 2.31. The van der Waals surface area contributed by atoms with Gasteiger partial charge in [-0.05, 0) is 40.8 Å². The Labute approximate surface area is 164 Å². The second-order valence-electron chi connectivity index (χ2n) is 6.93. The van der Waals surface area contributed by atoms with E-state index >= 15 is 0 Å².